The van der Waals surface area contributed by atoms with Crippen molar-refractivity contribution in [1.82, 2.24) is 5.32 Å². The van der Waals surface area contributed by atoms with Crippen LogP contribution in [-0.4, -0.2) is 25.0 Å². The van der Waals surface area contributed by atoms with E-state index in [9.17, 15) is 9.59 Å². The van der Waals surface area contributed by atoms with E-state index in [0.717, 1.165) is 31.5 Å². The molecule has 1 saturated heterocycles. The van der Waals surface area contributed by atoms with Crippen LogP contribution in [0.25, 0.3) is 0 Å². The molecule has 3 rings (SSSR count). The topological polar surface area (TPSA) is 61.4 Å². The maximum absolute atomic E-state index is 12.0. The minimum absolute atomic E-state index is 0.141. The lowest BCUT2D eigenvalue weighted by Gasteiger charge is -2.17. The molecule has 5 heteroatoms. The minimum atomic E-state index is -0.224. The predicted octanol–water partition coefficient (Wildman–Crippen LogP) is 3.57. The van der Waals surface area contributed by atoms with Gasteiger partial charge in [-0.1, -0.05) is 36.4 Å². The first kappa shape index (κ1) is 17.0. The first-order chi connectivity index (χ1) is 12.2. The van der Waals surface area contributed by atoms with Gasteiger partial charge in [-0.15, -0.1) is 0 Å². The number of hydrogen-bond donors (Lipinski definition) is 2. The van der Waals surface area contributed by atoms with Crippen LogP contribution >= 0.6 is 0 Å². The smallest absolute Gasteiger partial charge is 0.319 e. The minimum Gasteiger partial charge on any atom is -0.338 e. The molecular weight excluding hydrogens is 314 g/mol. The average Bonchev–Trinajstić information content (AvgIpc) is 3.06. The molecule has 1 aliphatic heterocycles. The SMILES string of the molecule is O=C(NCCCc1ccccc1)Nc1cccc(N2CCCC2=O)c1. The van der Waals surface area contributed by atoms with E-state index in [2.05, 4.69) is 22.8 Å². The van der Waals surface area contributed by atoms with Crippen molar-refractivity contribution in [3.63, 3.8) is 0 Å². The van der Waals surface area contributed by atoms with Crippen molar-refractivity contribution in [3.05, 3.63) is 60.2 Å². The molecule has 1 fully saturated rings. The van der Waals surface area contributed by atoms with E-state index in [1.807, 2.05) is 42.5 Å². The molecular formula is C20H23N3O2. The van der Waals surface area contributed by atoms with Gasteiger partial charge in [0.2, 0.25) is 5.91 Å². The van der Waals surface area contributed by atoms with Gasteiger partial charge in [-0.25, -0.2) is 4.79 Å². The number of benzene rings is 2. The summed E-state index contributed by atoms with van der Waals surface area (Å²) in [6.45, 7) is 1.36. The maximum Gasteiger partial charge on any atom is 0.319 e. The number of urea groups is 1. The number of nitrogens with zero attached hydrogens (tertiary/aromatic N) is 1. The zero-order valence-corrected chi connectivity index (χ0v) is 14.2. The molecule has 5 nitrogen and oxygen atoms in total. The first-order valence-electron chi connectivity index (χ1n) is 8.71. The second-order valence-electron chi connectivity index (χ2n) is 6.17. The molecule has 1 aliphatic rings. The third kappa shape index (κ3) is 4.83. The number of carbonyl (C=O) groups is 2. The van der Waals surface area contributed by atoms with Crippen LogP contribution in [0, 0.1) is 0 Å². The van der Waals surface area contributed by atoms with E-state index in [4.69, 9.17) is 0 Å². The van der Waals surface area contributed by atoms with E-state index in [1.54, 1.807) is 4.90 Å². The highest BCUT2D eigenvalue weighted by Crippen LogP contribution is 2.24. The van der Waals surface area contributed by atoms with Gasteiger partial charge < -0.3 is 15.5 Å². The monoisotopic (exact) mass is 337 g/mol. The highest BCUT2D eigenvalue weighted by atomic mass is 16.2. The van der Waals surface area contributed by atoms with Crippen molar-refractivity contribution >= 4 is 23.3 Å². The van der Waals surface area contributed by atoms with Crippen molar-refractivity contribution in [2.24, 2.45) is 0 Å². The van der Waals surface area contributed by atoms with Crippen LogP contribution < -0.4 is 15.5 Å². The molecule has 0 aliphatic carbocycles. The molecule has 0 unspecified atom stereocenters. The average molecular weight is 337 g/mol. The van der Waals surface area contributed by atoms with Gasteiger partial charge in [-0.05, 0) is 43.0 Å². The lowest BCUT2D eigenvalue weighted by Crippen LogP contribution is -2.30. The summed E-state index contributed by atoms with van der Waals surface area (Å²) >= 11 is 0. The molecule has 2 aromatic rings. The second kappa shape index (κ2) is 8.33. The van der Waals surface area contributed by atoms with Gasteiger partial charge in [0.15, 0.2) is 0 Å². The van der Waals surface area contributed by atoms with Gasteiger partial charge in [0.05, 0.1) is 0 Å². The van der Waals surface area contributed by atoms with Crippen LogP contribution in [0.3, 0.4) is 0 Å². The molecule has 2 aromatic carbocycles. The van der Waals surface area contributed by atoms with E-state index in [1.165, 1.54) is 5.56 Å². The van der Waals surface area contributed by atoms with Gasteiger partial charge in [-0.3, -0.25) is 4.79 Å². The number of carbonyl (C=O) groups excluding carboxylic acids is 2. The molecule has 0 saturated carbocycles. The second-order valence-corrected chi connectivity index (χ2v) is 6.17. The summed E-state index contributed by atoms with van der Waals surface area (Å²) in [7, 11) is 0. The van der Waals surface area contributed by atoms with Gasteiger partial charge in [0.1, 0.15) is 0 Å². The van der Waals surface area contributed by atoms with Crippen LogP contribution in [0.1, 0.15) is 24.8 Å². The number of nitrogens with one attached hydrogen (secondary N) is 2. The Morgan fingerprint density at radius 1 is 1.08 bits per heavy atom. The Labute approximate surface area is 148 Å². The number of amides is 3. The Kier molecular flexibility index (Phi) is 5.67. The van der Waals surface area contributed by atoms with Crippen molar-refractivity contribution in [2.75, 3.05) is 23.3 Å². The molecule has 1 heterocycles. The number of anilines is 2. The molecule has 0 radical (unpaired) electrons. The van der Waals surface area contributed by atoms with Crippen LogP contribution in [0.2, 0.25) is 0 Å². The van der Waals surface area contributed by atoms with Gasteiger partial charge in [0.25, 0.3) is 0 Å². The molecule has 2 N–H and O–H groups in total. The fraction of sp³-hybridized carbons (Fsp3) is 0.300. The normalized spacial score (nSPS) is 13.8. The predicted molar refractivity (Wildman–Crippen MR) is 99.8 cm³/mol. The van der Waals surface area contributed by atoms with Gasteiger partial charge in [-0.2, -0.15) is 0 Å². The fourth-order valence-corrected chi connectivity index (χ4v) is 2.99. The largest absolute Gasteiger partial charge is 0.338 e. The third-order valence-electron chi connectivity index (χ3n) is 4.26. The summed E-state index contributed by atoms with van der Waals surface area (Å²) in [6, 6.07) is 17.4. The lowest BCUT2D eigenvalue weighted by molar-refractivity contribution is -0.117. The summed E-state index contributed by atoms with van der Waals surface area (Å²) < 4.78 is 0. The zero-order chi connectivity index (χ0) is 17.5. The van der Waals surface area contributed by atoms with Crippen molar-refractivity contribution in [3.8, 4) is 0 Å². The molecule has 3 amide bonds. The summed E-state index contributed by atoms with van der Waals surface area (Å²) in [5, 5.41) is 5.70. The highest BCUT2D eigenvalue weighted by Gasteiger charge is 2.21. The molecule has 0 bridgehead atoms. The summed E-state index contributed by atoms with van der Waals surface area (Å²) in [6.07, 6.45) is 3.31. The van der Waals surface area contributed by atoms with Crippen LogP contribution in [0.4, 0.5) is 16.2 Å². The van der Waals surface area contributed by atoms with Gasteiger partial charge >= 0.3 is 6.03 Å². The van der Waals surface area contributed by atoms with E-state index in [0.29, 0.717) is 18.7 Å². The maximum atomic E-state index is 12.0. The first-order valence-corrected chi connectivity index (χ1v) is 8.71. The fourth-order valence-electron chi connectivity index (χ4n) is 2.99. The van der Waals surface area contributed by atoms with Gasteiger partial charge in [0, 0.05) is 30.9 Å². The summed E-state index contributed by atoms with van der Waals surface area (Å²) in [5.41, 5.74) is 2.80. The molecule has 25 heavy (non-hydrogen) atoms. The van der Waals surface area contributed by atoms with Crippen LogP contribution in [-0.2, 0) is 11.2 Å². The number of aryl methyl sites for hydroxylation is 1. The molecule has 130 valence electrons. The Balaban J connectivity index is 1.45. The van der Waals surface area contributed by atoms with E-state index < -0.39 is 0 Å². The highest BCUT2D eigenvalue weighted by molar-refractivity contribution is 5.96. The Morgan fingerprint density at radius 2 is 1.92 bits per heavy atom. The number of rotatable bonds is 6. The lowest BCUT2D eigenvalue weighted by atomic mass is 10.1. The third-order valence-corrected chi connectivity index (χ3v) is 4.26. The van der Waals surface area contributed by atoms with Crippen molar-refractivity contribution in [2.45, 2.75) is 25.7 Å². The summed E-state index contributed by atoms with van der Waals surface area (Å²) in [4.78, 5) is 25.6. The van der Waals surface area contributed by atoms with Crippen molar-refractivity contribution in [1.29, 1.82) is 0 Å². The van der Waals surface area contributed by atoms with Crippen LogP contribution in [0.15, 0.2) is 54.6 Å². The quantitative estimate of drug-likeness (QED) is 0.792. The summed E-state index contributed by atoms with van der Waals surface area (Å²) in [5.74, 6) is 0.141. The standard InChI is InChI=1S/C20H23N3O2/c24-19-12-6-14-23(19)18-11-4-10-17(15-18)22-20(25)21-13-5-9-16-7-2-1-3-8-16/h1-4,7-8,10-11,15H,5-6,9,12-14H2,(H2,21,22,25). The van der Waals surface area contributed by atoms with E-state index >= 15 is 0 Å². The molecule has 0 atom stereocenters. The van der Waals surface area contributed by atoms with E-state index in [-0.39, 0.29) is 11.9 Å². The van der Waals surface area contributed by atoms with Crippen LogP contribution in [0.5, 0.6) is 0 Å². The molecule has 0 spiro atoms. The zero-order valence-electron chi connectivity index (χ0n) is 14.2. The van der Waals surface area contributed by atoms with Crippen molar-refractivity contribution < 1.29 is 9.59 Å². The molecule has 0 aromatic heterocycles. The Hall–Kier alpha value is -2.82. The Morgan fingerprint density at radius 3 is 2.68 bits per heavy atom. The number of hydrogen-bond acceptors (Lipinski definition) is 2. The Bertz CT molecular complexity index is 731.